The zero-order valence-electron chi connectivity index (χ0n) is 7.31. The van der Waals surface area contributed by atoms with Gasteiger partial charge < -0.3 is 5.32 Å². The Kier molecular flexibility index (Phi) is 7.65. The molecule has 0 radical (unpaired) electrons. The first-order valence-corrected chi connectivity index (χ1v) is 5.40. The van der Waals surface area contributed by atoms with Gasteiger partial charge in [-0.1, -0.05) is 20.3 Å². The molecule has 0 aliphatic rings. The van der Waals surface area contributed by atoms with Crippen LogP contribution < -0.4 is 5.32 Å². The lowest BCUT2D eigenvalue weighted by Crippen LogP contribution is -2.20. The van der Waals surface area contributed by atoms with Crippen LogP contribution in [-0.2, 0) is 0 Å². The Balaban J connectivity index is 2.97. The molecule has 10 heavy (non-hydrogen) atoms. The third kappa shape index (κ3) is 6.43. The Bertz CT molecular complexity index is 66.3. The molecule has 0 aromatic rings. The van der Waals surface area contributed by atoms with Crippen molar-refractivity contribution in [2.45, 2.75) is 26.7 Å². The second kappa shape index (κ2) is 7.42. The smallest absolute Gasteiger partial charge is 0.0415 e. The van der Waals surface area contributed by atoms with E-state index in [4.69, 9.17) is 0 Å². The fourth-order valence-corrected chi connectivity index (χ4v) is 1.32. The molecule has 0 aromatic heterocycles. The first-order chi connectivity index (χ1) is 4.81. The zero-order chi connectivity index (χ0) is 7.82. The van der Waals surface area contributed by atoms with Crippen LogP contribution in [0.3, 0.4) is 0 Å². The highest BCUT2D eigenvalue weighted by Crippen LogP contribution is 2.02. The highest BCUT2D eigenvalue weighted by Gasteiger charge is 1.97. The van der Waals surface area contributed by atoms with Gasteiger partial charge in [-0.25, -0.2) is 0 Å². The minimum Gasteiger partial charge on any atom is -0.308 e. The average Bonchev–Trinajstić information content (AvgIpc) is 1.89. The van der Waals surface area contributed by atoms with E-state index >= 15 is 0 Å². The molecule has 1 unspecified atom stereocenters. The summed E-state index contributed by atoms with van der Waals surface area (Å²) in [6.45, 7) is 5.72. The molecule has 62 valence electrons. The van der Waals surface area contributed by atoms with Crippen molar-refractivity contribution in [3.63, 3.8) is 0 Å². The highest BCUT2D eigenvalue weighted by molar-refractivity contribution is 7.98. The van der Waals surface area contributed by atoms with E-state index in [2.05, 4.69) is 25.4 Å². The van der Waals surface area contributed by atoms with E-state index in [0.717, 1.165) is 11.8 Å². The molecule has 0 saturated carbocycles. The molecule has 1 nitrogen and oxygen atoms in total. The monoisotopic (exact) mass is 161 g/mol. The molecule has 0 heterocycles. The van der Waals surface area contributed by atoms with Crippen LogP contribution in [0.2, 0.25) is 0 Å². The van der Waals surface area contributed by atoms with Gasteiger partial charge in [-0.05, 0) is 25.1 Å². The van der Waals surface area contributed by atoms with Crippen molar-refractivity contribution in [2.24, 2.45) is 5.92 Å². The summed E-state index contributed by atoms with van der Waals surface area (Å²) < 4.78 is 0. The van der Waals surface area contributed by atoms with Crippen molar-refractivity contribution >= 4 is 11.8 Å². The molecule has 0 amide bonds. The molecule has 0 rings (SSSR count). The molecule has 0 aromatic carbocycles. The SMILES string of the molecule is CCCC(C)CNCSC. The maximum absolute atomic E-state index is 3.38. The van der Waals surface area contributed by atoms with Crippen LogP contribution in [0.4, 0.5) is 0 Å². The Morgan fingerprint density at radius 3 is 2.70 bits per heavy atom. The van der Waals surface area contributed by atoms with E-state index in [0.29, 0.717) is 0 Å². The van der Waals surface area contributed by atoms with Gasteiger partial charge in [0.15, 0.2) is 0 Å². The van der Waals surface area contributed by atoms with Crippen molar-refractivity contribution in [1.82, 2.24) is 5.32 Å². The molecule has 0 saturated heterocycles. The number of thioether (sulfide) groups is 1. The first-order valence-electron chi connectivity index (χ1n) is 4.00. The largest absolute Gasteiger partial charge is 0.308 e. The summed E-state index contributed by atoms with van der Waals surface area (Å²) in [6, 6.07) is 0. The van der Waals surface area contributed by atoms with Crippen LogP contribution in [0.25, 0.3) is 0 Å². The van der Waals surface area contributed by atoms with E-state index in [1.165, 1.54) is 19.4 Å². The quantitative estimate of drug-likeness (QED) is 0.474. The Hall–Kier alpha value is 0.310. The third-order valence-electron chi connectivity index (χ3n) is 1.52. The van der Waals surface area contributed by atoms with Crippen molar-refractivity contribution in [3.8, 4) is 0 Å². The van der Waals surface area contributed by atoms with Crippen LogP contribution in [0.15, 0.2) is 0 Å². The maximum atomic E-state index is 3.38. The van der Waals surface area contributed by atoms with Gasteiger partial charge in [0.2, 0.25) is 0 Å². The fraction of sp³-hybridized carbons (Fsp3) is 1.00. The molecular formula is C8H19NS. The Labute approximate surface area is 69.0 Å². The number of hydrogen-bond acceptors (Lipinski definition) is 2. The zero-order valence-corrected chi connectivity index (χ0v) is 8.13. The van der Waals surface area contributed by atoms with Crippen LogP contribution >= 0.6 is 11.8 Å². The van der Waals surface area contributed by atoms with Gasteiger partial charge in [-0.3, -0.25) is 0 Å². The highest BCUT2D eigenvalue weighted by atomic mass is 32.2. The summed E-state index contributed by atoms with van der Waals surface area (Å²) in [6.07, 6.45) is 4.78. The summed E-state index contributed by atoms with van der Waals surface area (Å²) in [7, 11) is 0. The number of nitrogens with one attached hydrogen (secondary N) is 1. The van der Waals surface area contributed by atoms with Gasteiger partial charge in [-0.15, -0.1) is 11.8 Å². The molecule has 1 atom stereocenters. The minimum absolute atomic E-state index is 0.845. The van der Waals surface area contributed by atoms with Gasteiger partial charge in [0.25, 0.3) is 0 Å². The predicted molar refractivity (Wildman–Crippen MR) is 50.5 cm³/mol. The Morgan fingerprint density at radius 2 is 2.20 bits per heavy atom. The molecule has 0 spiro atoms. The Morgan fingerprint density at radius 1 is 1.50 bits per heavy atom. The number of rotatable bonds is 6. The van der Waals surface area contributed by atoms with Gasteiger partial charge in [-0.2, -0.15) is 0 Å². The molecule has 2 heteroatoms. The molecular weight excluding hydrogens is 142 g/mol. The summed E-state index contributed by atoms with van der Waals surface area (Å²) in [5.74, 6) is 1.94. The lowest BCUT2D eigenvalue weighted by atomic mass is 10.1. The van der Waals surface area contributed by atoms with E-state index in [9.17, 15) is 0 Å². The minimum atomic E-state index is 0.845. The molecule has 1 N–H and O–H groups in total. The third-order valence-corrected chi connectivity index (χ3v) is 2.01. The topological polar surface area (TPSA) is 12.0 Å². The van der Waals surface area contributed by atoms with E-state index < -0.39 is 0 Å². The van der Waals surface area contributed by atoms with Crippen molar-refractivity contribution < 1.29 is 0 Å². The van der Waals surface area contributed by atoms with Crippen LogP contribution in [0.5, 0.6) is 0 Å². The van der Waals surface area contributed by atoms with Crippen molar-refractivity contribution in [2.75, 3.05) is 18.7 Å². The predicted octanol–water partition coefficient (Wildman–Crippen LogP) is 2.33. The van der Waals surface area contributed by atoms with E-state index in [1.54, 1.807) is 0 Å². The molecule has 0 aliphatic carbocycles. The van der Waals surface area contributed by atoms with Gasteiger partial charge in [0, 0.05) is 5.88 Å². The van der Waals surface area contributed by atoms with Crippen LogP contribution in [0, 0.1) is 5.92 Å². The molecule has 0 bridgehead atoms. The van der Waals surface area contributed by atoms with Crippen LogP contribution in [0.1, 0.15) is 26.7 Å². The first kappa shape index (κ1) is 10.3. The lowest BCUT2D eigenvalue weighted by Gasteiger charge is -2.09. The van der Waals surface area contributed by atoms with Gasteiger partial charge in [0.05, 0.1) is 0 Å². The summed E-state index contributed by atoms with van der Waals surface area (Å²) in [5.41, 5.74) is 0. The van der Waals surface area contributed by atoms with Crippen LogP contribution in [-0.4, -0.2) is 18.7 Å². The molecule has 0 fully saturated rings. The van der Waals surface area contributed by atoms with Gasteiger partial charge >= 0.3 is 0 Å². The summed E-state index contributed by atoms with van der Waals surface area (Å²) >= 11 is 1.85. The number of hydrogen-bond donors (Lipinski definition) is 1. The second-order valence-corrected chi connectivity index (χ2v) is 3.65. The normalized spacial score (nSPS) is 13.5. The maximum Gasteiger partial charge on any atom is 0.0415 e. The standard InChI is InChI=1S/C8H19NS/c1-4-5-8(2)6-9-7-10-3/h8-9H,4-7H2,1-3H3. The summed E-state index contributed by atoms with van der Waals surface area (Å²) in [5, 5.41) is 3.38. The average molecular weight is 161 g/mol. The summed E-state index contributed by atoms with van der Waals surface area (Å²) in [4.78, 5) is 0. The fourth-order valence-electron chi connectivity index (χ4n) is 1.00. The second-order valence-electron chi connectivity index (χ2n) is 2.78. The molecule has 0 aliphatic heterocycles. The lowest BCUT2D eigenvalue weighted by molar-refractivity contribution is 0.495. The van der Waals surface area contributed by atoms with E-state index in [-0.39, 0.29) is 0 Å². The van der Waals surface area contributed by atoms with Gasteiger partial charge in [0.1, 0.15) is 0 Å². The van der Waals surface area contributed by atoms with Crippen molar-refractivity contribution in [3.05, 3.63) is 0 Å². The van der Waals surface area contributed by atoms with Crippen molar-refractivity contribution in [1.29, 1.82) is 0 Å². The van der Waals surface area contributed by atoms with E-state index in [1.807, 2.05) is 11.8 Å².